The SMILES string of the molecule is CC1=CC(=O)C(C(C)C)=C/C1=N/OC1=CC(=NS(=O)(=O)c2ccc(C)cc2)C=C(O/N=C2\C=C(C(C)C)C(=O)C=C2C)C1=O. The van der Waals surface area contributed by atoms with E-state index in [2.05, 4.69) is 14.7 Å². The van der Waals surface area contributed by atoms with E-state index in [1.54, 1.807) is 38.1 Å². The molecule has 0 unspecified atom stereocenters. The second-order valence-corrected chi connectivity index (χ2v) is 12.8. The van der Waals surface area contributed by atoms with Crippen LogP contribution in [0.25, 0.3) is 0 Å². The maximum atomic E-state index is 13.4. The maximum absolute atomic E-state index is 13.4. The highest BCUT2D eigenvalue weighted by atomic mass is 32.2. The predicted molar refractivity (Wildman–Crippen MR) is 167 cm³/mol. The first kappa shape index (κ1) is 32.2. The molecule has 0 aromatic heterocycles. The Bertz CT molecular complexity index is 1730. The van der Waals surface area contributed by atoms with Gasteiger partial charge in [0, 0.05) is 23.3 Å². The van der Waals surface area contributed by atoms with Crippen LogP contribution < -0.4 is 0 Å². The number of hydrogen-bond donors (Lipinski definition) is 0. The van der Waals surface area contributed by atoms with E-state index in [0.717, 1.165) is 17.7 Å². The number of carbonyl (C=O) groups excluding carboxylic acids is 3. The van der Waals surface area contributed by atoms with Crippen molar-refractivity contribution in [1.29, 1.82) is 0 Å². The summed E-state index contributed by atoms with van der Waals surface area (Å²) in [5, 5.41) is 8.18. The van der Waals surface area contributed by atoms with Crippen molar-refractivity contribution in [2.24, 2.45) is 26.5 Å². The average molecular weight is 616 g/mol. The van der Waals surface area contributed by atoms with Gasteiger partial charge in [-0.2, -0.15) is 12.8 Å². The van der Waals surface area contributed by atoms with Crippen molar-refractivity contribution in [3.8, 4) is 0 Å². The largest absolute Gasteiger partial charge is 0.352 e. The summed E-state index contributed by atoms with van der Waals surface area (Å²) < 4.78 is 30.1. The van der Waals surface area contributed by atoms with Crippen LogP contribution in [0.15, 0.2) is 114 Å². The quantitative estimate of drug-likeness (QED) is 0.280. The summed E-state index contributed by atoms with van der Waals surface area (Å²) >= 11 is 0. The highest BCUT2D eigenvalue weighted by Crippen LogP contribution is 2.24. The smallest absolute Gasteiger partial charge is 0.282 e. The average Bonchev–Trinajstić information content (AvgIpc) is 2.93. The zero-order valence-electron chi connectivity index (χ0n) is 25.5. The number of nitrogens with zero attached hydrogens (tertiary/aromatic N) is 3. The number of sulfonamides is 1. The van der Waals surface area contributed by atoms with Crippen LogP contribution in [0.2, 0.25) is 0 Å². The summed E-state index contributed by atoms with van der Waals surface area (Å²) in [6.07, 6.45) is 8.32. The van der Waals surface area contributed by atoms with Crippen molar-refractivity contribution >= 4 is 44.5 Å². The molecule has 10 nitrogen and oxygen atoms in total. The van der Waals surface area contributed by atoms with Gasteiger partial charge in [-0.3, -0.25) is 14.4 Å². The number of Topliss-reactive ketones (excluding diaryl/α,β-unsaturated/α-hetero) is 1. The molecule has 1 aromatic rings. The van der Waals surface area contributed by atoms with Crippen LogP contribution in [0, 0.1) is 18.8 Å². The van der Waals surface area contributed by atoms with E-state index in [4.69, 9.17) is 9.68 Å². The summed E-state index contributed by atoms with van der Waals surface area (Å²) in [7, 11) is -4.18. The summed E-state index contributed by atoms with van der Waals surface area (Å²) in [6, 6.07) is 6.15. The molecule has 0 radical (unpaired) electrons. The van der Waals surface area contributed by atoms with Crippen molar-refractivity contribution in [1.82, 2.24) is 0 Å². The third-order valence-corrected chi connectivity index (χ3v) is 8.25. The first-order valence-electron chi connectivity index (χ1n) is 13.9. The Morgan fingerprint density at radius 1 is 0.636 bits per heavy atom. The minimum Gasteiger partial charge on any atom is -0.352 e. The maximum Gasteiger partial charge on any atom is 0.282 e. The molecule has 0 bridgehead atoms. The highest BCUT2D eigenvalue weighted by Gasteiger charge is 2.28. The van der Waals surface area contributed by atoms with Crippen molar-refractivity contribution < 1.29 is 32.5 Å². The van der Waals surface area contributed by atoms with E-state index >= 15 is 0 Å². The van der Waals surface area contributed by atoms with Crippen LogP contribution in [-0.4, -0.2) is 42.9 Å². The molecule has 0 spiro atoms. The van der Waals surface area contributed by atoms with Gasteiger partial charge in [0.2, 0.25) is 11.5 Å². The van der Waals surface area contributed by atoms with Gasteiger partial charge in [-0.1, -0.05) is 55.7 Å². The summed E-state index contributed by atoms with van der Waals surface area (Å²) in [5.74, 6) is -1.93. The minimum atomic E-state index is -4.18. The Balaban J connectivity index is 1.74. The van der Waals surface area contributed by atoms with Crippen LogP contribution in [-0.2, 0) is 34.1 Å². The van der Waals surface area contributed by atoms with Gasteiger partial charge in [0.25, 0.3) is 15.8 Å². The summed E-state index contributed by atoms with van der Waals surface area (Å²) in [6.45, 7) is 12.7. The van der Waals surface area contributed by atoms with E-state index < -0.39 is 15.8 Å². The first-order chi connectivity index (χ1) is 20.7. The summed E-state index contributed by atoms with van der Waals surface area (Å²) in [4.78, 5) is 49.1. The molecule has 0 saturated carbocycles. The molecule has 0 fully saturated rings. The molecule has 3 aliphatic rings. The second kappa shape index (κ2) is 12.8. The molecule has 1 aromatic carbocycles. The Morgan fingerprint density at radius 3 is 1.48 bits per heavy atom. The lowest BCUT2D eigenvalue weighted by molar-refractivity contribution is -0.119. The Morgan fingerprint density at radius 2 is 1.07 bits per heavy atom. The van der Waals surface area contributed by atoms with Crippen LogP contribution in [0.1, 0.15) is 47.1 Å². The van der Waals surface area contributed by atoms with Gasteiger partial charge in [-0.25, -0.2) is 0 Å². The van der Waals surface area contributed by atoms with Crippen molar-refractivity contribution in [2.75, 3.05) is 0 Å². The van der Waals surface area contributed by atoms with Gasteiger partial charge in [-0.15, -0.1) is 0 Å². The molecule has 4 rings (SSSR count). The van der Waals surface area contributed by atoms with Crippen LogP contribution in [0.3, 0.4) is 0 Å². The zero-order valence-corrected chi connectivity index (χ0v) is 26.4. The number of allylic oxidation sites excluding steroid dienone is 10. The fraction of sp³-hybridized carbons (Fsp3) is 0.273. The van der Waals surface area contributed by atoms with E-state index in [0.29, 0.717) is 33.7 Å². The molecule has 11 heteroatoms. The lowest BCUT2D eigenvalue weighted by atomic mass is 9.90. The normalized spacial score (nSPS) is 20.5. The van der Waals surface area contributed by atoms with Crippen molar-refractivity contribution in [3.05, 3.63) is 100 Å². The number of oxime groups is 2. The van der Waals surface area contributed by atoms with Gasteiger partial charge in [0.1, 0.15) is 11.4 Å². The monoisotopic (exact) mass is 615 g/mol. The fourth-order valence-corrected chi connectivity index (χ4v) is 5.29. The van der Waals surface area contributed by atoms with Gasteiger partial charge in [0.15, 0.2) is 11.6 Å². The lowest BCUT2D eigenvalue weighted by Gasteiger charge is -2.17. The van der Waals surface area contributed by atoms with Crippen LogP contribution >= 0.6 is 0 Å². The molecule has 0 amide bonds. The molecule has 0 heterocycles. The predicted octanol–water partition coefficient (Wildman–Crippen LogP) is 5.44. The van der Waals surface area contributed by atoms with Gasteiger partial charge in [-0.05, 0) is 80.2 Å². The van der Waals surface area contributed by atoms with E-state index in [-0.39, 0.29) is 45.5 Å². The number of aryl methyl sites for hydroxylation is 1. The second-order valence-electron chi connectivity index (χ2n) is 11.2. The van der Waals surface area contributed by atoms with Gasteiger partial charge >= 0.3 is 0 Å². The highest BCUT2D eigenvalue weighted by molar-refractivity contribution is 7.90. The molecule has 3 aliphatic carbocycles. The standard InChI is InChI=1S/C33H33N3O7S/c1-18(2)25-16-27(21(6)12-29(25)37)34-42-31-14-23(36-44(40,41)24-10-8-20(5)9-11-24)15-32(33(31)39)43-35-28-17-26(19(3)4)30(38)13-22(28)7/h8-19H,1-7H3/b34-27-,35-28+,36-23?. The van der Waals surface area contributed by atoms with E-state index in [1.807, 2.05) is 34.6 Å². The first-order valence-corrected chi connectivity index (χ1v) is 15.4. The third kappa shape index (κ3) is 7.23. The van der Waals surface area contributed by atoms with Gasteiger partial charge < -0.3 is 9.68 Å². The zero-order chi connectivity index (χ0) is 32.3. The molecule has 44 heavy (non-hydrogen) atoms. The Kier molecular flexibility index (Phi) is 9.39. The number of hydrogen-bond acceptors (Lipinski definition) is 9. The Labute approximate surface area is 256 Å². The number of rotatable bonds is 8. The fourth-order valence-electron chi connectivity index (χ4n) is 4.32. The molecule has 0 saturated heterocycles. The van der Waals surface area contributed by atoms with Crippen LogP contribution in [0.4, 0.5) is 0 Å². The Hall–Kier alpha value is -4.77. The number of carbonyl (C=O) groups is 3. The van der Waals surface area contributed by atoms with Crippen molar-refractivity contribution in [3.63, 3.8) is 0 Å². The number of benzene rings is 1. The van der Waals surface area contributed by atoms with E-state index in [9.17, 15) is 22.8 Å². The summed E-state index contributed by atoms with van der Waals surface area (Å²) in [5.41, 5.74) is 3.46. The van der Waals surface area contributed by atoms with E-state index in [1.165, 1.54) is 24.3 Å². The molecular weight excluding hydrogens is 582 g/mol. The molecule has 0 N–H and O–H groups in total. The topological polar surface area (TPSA) is 141 Å². The van der Waals surface area contributed by atoms with Crippen LogP contribution in [0.5, 0.6) is 0 Å². The van der Waals surface area contributed by atoms with Gasteiger partial charge in [0.05, 0.1) is 10.6 Å². The molecular formula is C33H33N3O7S. The van der Waals surface area contributed by atoms with Crippen molar-refractivity contribution in [2.45, 2.75) is 53.4 Å². The minimum absolute atomic E-state index is 0.0438. The lowest BCUT2D eigenvalue weighted by Crippen LogP contribution is -2.20. The number of ketones is 3. The molecule has 228 valence electrons. The third-order valence-electron chi connectivity index (χ3n) is 6.94. The molecule has 0 atom stereocenters. The molecule has 0 aliphatic heterocycles.